The molecule has 0 saturated carbocycles. The molecule has 0 aromatic heterocycles. The lowest BCUT2D eigenvalue weighted by atomic mass is 9.98. The molecule has 0 fully saturated rings. The quantitative estimate of drug-likeness (QED) is 0.462. The Balaban J connectivity index is 3.51. The summed E-state index contributed by atoms with van der Waals surface area (Å²) in [5, 5.41) is 0. The highest BCUT2D eigenvalue weighted by Crippen LogP contribution is 2.10. The van der Waals surface area contributed by atoms with Gasteiger partial charge in [0.15, 0.2) is 0 Å². The maximum atomic E-state index is 11.6. The number of carbonyl (C=O) groups is 1. The summed E-state index contributed by atoms with van der Waals surface area (Å²) in [6.45, 7) is 5.75. The van der Waals surface area contributed by atoms with Crippen molar-refractivity contribution in [2.45, 2.75) is 38.6 Å². The molecular formula is C12H25NO4. The van der Waals surface area contributed by atoms with Gasteiger partial charge in [-0.1, -0.05) is 13.3 Å². The van der Waals surface area contributed by atoms with Crippen molar-refractivity contribution in [1.82, 2.24) is 0 Å². The van der Waals surface area contributed by atoms with Gasteiger partial charge in [0.1, 0.15) is 5.54 Å². The Morgan fingerprint density at radius 2 is 1.94 bits per heavy atom. The first-order valence-corrected chi connectivity index (χ1v) is 6.07. The molecule has 0 aromatic carbocycles. The lowest BCUT2D eigenvalue weighted by molar-refractivity contribution is -0.150. The first-order valence-electron chi connectivity index (χ1n) is 6.07. The maximum Gasteiger partial charge on any atom is 0.325 e. The number of rotatable bonds is 10. The molecule has 0 aliphatic heterocycles. The Morgan fingerprint density at radius 3 is 2.53 bits per heavy atom. The second-order valence-electron chi connectivity index (χ2n) is 4.26. The Kier molecular flexibility index (Phi) is 9.03. The third-order valence-corrected chi connectivity index (χ3v) is 2.33. The van der Waals surface area contributed by atoms with Gasteiger partial charge in [-0.2, -0.15) is 0 Å². The molecule has 0 aliphatic carbocycles. The molecule has 0 aliphatic rings. The van der Waals surface area contributed by atoms with E-state index in [9.17, 15) is 4.79 Å². The molecule has 17 heavy (non-hydrogen) atoms. The first kappa shape index (κ1) is 16.4. The fraction of sp³-hybridized carbons (Fsp3) is 0.917. The third kappa shape index (κ3) is 8.12. The Bertz CT molecular complexity index is 207. The number of nitrogens with two attached hydrogens (primary N) is 1. The average Bonchev–Trinajstić information content (AvgIpc) is 2.27. The summed E-state index contributed by atoms with van der Waals surface area (Å²) >= 11 is 0. The first-order chi connectivity index (χ1) is 8.04. The Hall–Kier alpha value is -0.650. The minimum Gasteiger partial charge on any atom is -0.464 e. The minimum atomic E-state index is -0.869. The molecule has 1 atom stereocenters. The van der Waals surface area contributed by atoms with Gasteiger partial charge >= 0.3 is 5.97 Å². The largest absolute Gasteiger partial charge is 0.464 e. The molecule has 0 saturated heterocycles. The van der Waals surface area contributed by atoms with Crippen molar-refractivity contribution in [2.24, 2.45) is 5.73 Å². The van der Waals surface area contributed by atoms with Crippen LogP contribution in [0.3, 0.4) is 0 Å². The van der Waals surface area contributed by atoms with E-state index in [0.717, 1.165) is 6.42 Å². The average molecular weight is 247 g/mol. The molecule has 0 aromatic rings. The lowest BCUT2D eigenvalue weighted by Crippen LogP contribution is -2.46. The smallest absolute Gasteiger partial charge is 0.325 e. The van der Waals surface area contributed by atoms with Crippen LogP contribution >= 0.6 is 0 Å². The summed E-state index contributed by atoms with van der Waals surface area (Å²) in [5.74, 6) is -0.337. The summed E-state index contributed by atoms with van der Waals surface area (Å²) in [6, 6.07) is 0. The molecule has 5 nitrogen and oxygen atoms in total. The van der Waals surface area contributed by atoms with Gasteiger partial charge in [0, 0.05) is 20.1 Å². The van der Waals surface area contributed by atoms with Crippen molar-refractivity contribution < 1.29 is 19.0 Å². The molecule has 0 amide bonds. The van der Waals surface area contributed by atoms with Gasteiger partial charge in [0.2, 0.25) is 0 Å². The van der Waals surface area contributed by atoms with E-state index < -0.39 is 5.54 Å². The number of hydrogen-bond acceptors (Lipinski definition) is 5. The highest BCUT2D eigenvalue weighted by molar-refractivity contribution is 5.79. The van der Waals surface area contributed by atoms with E-state index in [1.807, 2.05) is 6.92 Å². The normalized spacial score (nSPS) is 14.4. The maximum absolute atomic E-state index is 11.6. The summed E-state index contributed by atoms with van der Waals surface area (Å²) in [4.78, 5) is 11.6. The van der Waals surface area contributed by atoms with Gasteiger partial charge in [-0.25, -0.2) is 0 Å². The molecule has 0 spiro atoms. The van der Waals surface area contributed by atoms with Gasteiger partial charge in [-0.3, -0.25) is 4.79 Å². The molecule has 0 radical (unpaired) electrons. The molecule has 2 N–H and O–H groups in total. The second-order valence-corrected chi connectivity index (χ2v) is 4.26. The van der Waals surface area contributed by atoms with Crippen LogP contribution in [-0.2, 0) is 19.0 Å². The van der Waals surface area contributed by atoms with Crippen molar-refractivity contribution >= 4 is 5.97 Å². The van der Waals surface area contributed by atoms with Crippen molar-refractivity contribution in [3.8, 4) is 0 Å². The van der Waals surface area contributed by atoms with Crippen LogP contribution in [-0.4, -0.2) is 45.0 Å². The third-order valence-electron chi connectivity index (χ3n) is 2.33. The van der Waals surface area contributed by atoms with E-state index in [-0.39, 0.29) is 5.97 Å². The van der Waals surface area contributed by atoms with Crippen molar-refractivity contribution in [3.05, 3.63) is 0 Å². The van der Waals surface area contributed by atoms with Gasteiger partial charge in [0.05, 0.1) is 19.8 Å². The van der Waals surface area contributed by atoms with Crippen molar-refractivity contribution in [1.29, 1.82) is 0 Å². The zero-order chi connectivity index (χ0) is 13.1. The SMILES string of the molecule is CCCC(C)(N)C(=O)OCCCOCCOC. The molecule has 0 heterocycles. The predicted molar refractivity (Wildman–Crippen MR) is 65.8 cm³/mol. The van der Waals surface area contributed by atoms with Crippen LogP contribution in [0.2, 0.25) is 0 Å². The van der Waals surface area contributed by atoms with Crippen LogP contribution in [0.25, 0.3) is 0 Å². The minimum absolute atomic E-state index is 0.337. The number of ether oxygens (including phenoxy) is 3. The fourth-order valence-corrected chi connectivity index (χ4v) is 1.36. The molecule has 0 bridgehead atoms. The van der Waals surface area contributed by atoms with Crippen LogP contribution < -0.4 is 5.73 Å². The number of esters is 1. The van der Waals surface area contributed by atoms with Crippen LogP contribution in [0, 0.1) is 0 Å². The van der Waals surface area contributed by atoms with Crippen LogP contribution in [0.1, 0.15) is 33.1 Å². The van der Waals surface area contributed by atoms with E-state index in [4.69, 9.17) is 19.9 Å². The van der Waals surface area contributed by atoms with Gasteiger partial charge in [0.25, 0.3) is 0 Å². The summed E-state index contributed by atoms with van der Waals surface area (Å²) < 4.78 is 15.2. The van der Waals surface area contributed by atoms with E-state index in [0.29, 0.717) is 39.3 Å². The molecule has 0 rings (SSSR count). The molecular weight excluding hydrogens is 222 g/mol. The van der Waals surface area contributed by atoms with Crippen molar-refractivity contribution in [2.75, 3.05) is 33.5 Å². The Morgan fingerprint density at radius 1 is 1.24 bits per heavy atom. The summed E-state index contributed by atoms with van der Waals surface area (Å²) in [7, 11) is 1.63. The number of hydrogen-bond donors (Lipinski definition) is 1. The van der Waals surface area contributed by atoms with Gasteiger partial charge in [-0.15, -0.1) is 0 Å². The monoisotopic (exact) mass is 247 g/mol. The molecule has 5 heteroatoms. The van der Waals surface area contributed by atoms with E-state index in [1.165, 1.54) is 0 Å². The van der Waals surface area contributed by atoms with Crippen LogP contribution in [0.15, 0.2) is 0 Å². The zero-order valence-electron chi connectivity index (χ0n) is 11.2. The molecule has 102 valence electrons. The predicted octanol–water partition coefficient (Wildman–Crippen LogP) is 1.10. The standard InChI is InChI=1S/C12H25NO4/c1-4-6-12(2,13)11(14)17-8-5-7-16-10-9-15-3/h4-10,13H2,1-3H3. The number of carbonyl (C=O) groups excluding carboxylic acids is 1. The summed E-state index contributed by atoms with van der Waals surface area (Å²) in [6.07, 6.45) is 2.18. The zero-order valence-corrected chi connectivity index (χ0v) is 11.2. The molecule has 1 unspecified atom stereocenters. The fourth-order valence-electron chi connectivity index (χ4n) is 1.36. The van der Waals surface area contributed by atoms with Gasteiger partial charge in [-0.05, 0) is 13.3 Å². The van der Waals surface area contributed by atoms with E-state index in [2.05, 4.69) is 0 Å². The Labute approximate surface area is 104 Å². The van der Waals surface area contributed by atoms with E-state index >= 15 is 0 Å². The van der Waals surface area contributed by atoms with Crippen LogP contribution in [0.5, 0.6) is 0 Å². The number of methoxy groups -OCH3 is 1. The second kappa shape index (κ2) is 9.39. The highest BCUT2D eigenvalue weighted by atomic mass is 16.5. The highest BCUT2D eigenvalue weighted by Gasteiger charge is 2.28. The lowest BCUT2D eigenvalue weighted by Gasteiger charge is -2.21. The van der Waals surface area contributed by atoms with Gasteiger partial charge < -0.3 is 19.9 Å². The van der Waals surface area contributed by atoms with E-state index in [1.54, 1.807) is 14.0 Å². The summed E-state index contributed by atoms with van der Waals surface area (Å²) in [5.41, 5.74) is 4.96. The van der Waals surface area contributed by atoms with Crippen LogP contribution in [0.4, 0.5) is 0 Å². The topological polar surface area (TPSA) is 70.8 Å². The van der Waals surface area contributed by atoms with Crippen molar-refractivity contribution in [3.63, 3.8) is 0 Å².